The monoisotopic (exact) mass is 329 g/mol. The predicted molar refractivity (Wildman–Crippen MR) is 65.6 cm³/mol. The van der Waals surface area contributed by atoms with Gasteiger partial charge in [0, 0.05) is 11.9 Å². The van der Waals surface area contributed by atoms with E-state index in [1.54, 1.807) is 0 Å². The second-order valence-electron chi connectivity index (χ2n) is 3.05. The molecular weight excluding hydrogens is 319 g/mol. The van der Waals surface area contributed by atoms with E-state index in [0.29, 0.717) is 11.9 Å². The maximum atomic E-state index is 12.4. The third-order valence-corrected chi connectivity index (χ3v) is 2.52. The van der Waals surface area contributed by atoms with Gasteiger partial charge in [-0.25, -0.2) is 13.8 Å². The second kappa shape index (κ2) is 6.90. The summed E-state index contributed by atoms with van der Waals surface area (Å²) in [4.78, 5) is 9.14. The molecule has 1 heterocycles. The molecule has 0 N–H and O–H groups in total. The van der Waals surface area contributed by atoms with Crippen LogP contribution in [0.1, 0.15) is 0 Å². The Morgan fingerprint density at radius 3 is 2.82 bits per heavy atom. The van der Waals surface area contributed by atoms with Crippen LogP contribution in [0.4, 0.5) is 14.6 Å². The smallest absolute Gasteiger partial charge is 0.318 e. The number of hydrogen-bond donors (Lipinski definition) is 0. The zero-order valence-corrected chi connectivity index (χ0v) is 11.4. The van der Waals surface area contributed by atoms with Crippen molar-refractivity contribution in [2.24, 2.45) is 0 Å². The van der Waals surface area contributed by atoms with Crippen molar-refractivity contribution in [1.82, 2.24) is 9.97 Å². The van der Waals surface area contributed by atoms with E-state index in [1.165, 1.54) is 18.2 Å². The Balaban J connectivity index is 2.98. The van der Waals surface area contributed by atoms with E-state index in [-0.39, 0.29) is 16.9 Å². The van der Waals surface area contributed by atoms with Crippen LogP contribution in [0.25, 0.3) is 0 Å². The van der Waals surface area contributed by atoms with Crippen LogP contribution in [-0.2, 0) is 0 Å². The molecule has 0 aliphatic heterocycles. The summed E-state index contributed by atoms with van der Waals surface area (Å²) in [7, 11) is 1.40. The highest BCUT2D eigenvalue weighted by Gasteiger charge is 2.17. The van der Waals surface area contributed by atoms with Crippen molar-refractivity contribution in [3.63, 3.8) is 0 Å². The minimum Gasteiger partial charge on any atom is -0.467 e. The molecule has 96 valence electrons. The lowest BCUT2D eigenvalue weighted by molar-refractivity contribution is 0.155. The van der Waals surface area contributed by atoms with E-state index in [9.17, 15) is 8.78 Å². The summed E-state index contributed by atoms with van der Waals surface area (Å²) in [5.74, 6) is 0.248. The van der Waals surface area contributed by atoms with Crippen LogP contribution in [0, 0.1) is 0 Å². The quantitative estimate of drug-likeness (QED) is 0.752. The van der Waals surface area contributed by atoms with Crippen molar-refractivity contribution in [3.05, 3.63) is 11.2 Å². The molecule has 0 aliphatic carbocycles. The van der Waals surface area contributed by atoms with Crippen LogP contribution in [0.5, 0.6) is 6.01 Å². The molecule has 8 heteroatoms. The lowest BCUT2D eigenvalue weighted by Gasteiger charge is -2.23. The highest BCUT2D eigenvalue weighted by atomic mass is 79.9. The lowest BCUT2D eigenvalue weighted by atomic mass is 10.4. The fourth-order valence-corrected chi connectivity index (χ4v) is 1.85. The number of methoxy groups -OCH3 is 1. The van der Waals surface area contributed by atoms with Gasteiger partial charge in [0.1, 0.15) is 5.02 Å². The Kier molecular flexibility index (Phi) is 5.84. The van der Waals surface area contributed by atoms with E-state index in [1.807, 2.05) is 0 Å². The molecule has 0 bridgehead atoms. The number of hydrogen-bond acceptors (Lipinski definition) is 4. The van der Waals surface area contributed by atoms with E-state index in [4.69, 9.17) is 16.3 Å². The number of alkyl halides is 3. The van der Waals surface area contributed by atoms with Crippen molar-refractivity contribution in [1.29, 1.82) is 0 Å². The molecule has 0 radical (unpaired) electrons. The van der Waals surface area contributed by atoms with Gasteiger partial charge in [-0.1, -0.05) is 27.5 Å². The van der Waals surface area contributed by atoms with Gasteiger partial charge in [0.05, 0.1) is 19.9 Å². The summed E-state index contributed by atoms with van der Waals surface area (Å²) < 4.78 is 29.7. The Bertz CT molecular complexity index is 370. The fourth-order valence-electron chi connectivity index (χ4n) is 1.21. The first-order valence-corrected chi connectivity index (χ1v) is 6.24. The Labute approximate surface area is 111 Å². The summed E-state index contributed by atoms with van der Waals surface area (Å²) >= 11 is 9.08. The molecule has 0 aromatic carbocycles. The maximum absolute atomic E-state index is 12.4. The van der Waals surface area contributed by atoms with E-state index >= 15 is 0 Å². The molecule has 17 heavy (non-hydrogen) atoms. The van der Waals surface area contributed by atoms with Crippen LogP contribution < -0.4 is 9.64 Å². The number of rotatable bonds is 6. The average Bonchev–Trinajstić information content (AvgIpc) is 2.28. The number of ether oxygens (including phenoxy) is 1. The summed E-state index contributed by atoms with van der Waals surface area (Å²) in [6.07, 6.45) is -1.14. The molecule has 1 aromatic rings. The number of nitrogens with zero attached hydrogens (tertiary/aromatic N) is 3. The van der Waals surface area contributed by atoms with Gasteiger partial charge in [-0.2, -0.15) is 4.98 Å². The topological polar surface area (TPSA) is 38.2 Å². The molecule has 1 aromatic heterocycles. The SMILES string of the molecule is COc1ncc(Cl)c(N(CCBr)CC(F)F)n1. The molecule has 1 rings (SSSR count). The molecule has 0 unspecified atom stereocenters. The predicted octanol–water partition coefficient (Wildman–Crippen LogP) is 2.61. The molecule has 0 fully saturated rings. The van der Waals surface area contributed by atoms with Gasteiger partial charge in [0.15, 0.2) is 5.82 Å². The fraction of sp³-hybridized carbons (Fsp3) is 0.556. The van der Waals surface area contributed by atoms with Gasteiger partial charge in [0.2, 0.25) is 0 Å². The van der Waals surface area contributed by atoms with Crippen molar-refractivity contribution >= 4 is 33.3 Å². The molecule has 0 atom stereocenters. The Morgan fingerprint density at radius 2 is 2.29 bits per heavy atom. The Morgan fingerprint density at radius 1 is 1.59 bits per heavy atom. The van der Waals surface area contributed by atoms with Crippen molar-refractivity contribution < 1.29 is 13.5 Å². The zero-order chi connectivity index (χ0) is 12.8. The van der Waals surface area contributed by atoms with Gasteiger partial charge in [-0.3, -0.25) is 0 Å². The standard InChI is InChI=1S/C9H11BrClF2N3O/c1-17-9-14-4-6(11)8(15-9)16(3-2-10)5-7(12)13/h4,7H,2-3,5H2,1H3. The van der Waals surface area contributed by atoms with Crippen LogP contribution >= 0.6 is 27.5 Å². The van der Waals surface area contributed by atoms with Gasteiger partial charge >= 0.3 is 6.01 Å². The highest BCUT2D eigenvalue weighted by Crippen LogP contribution is 2.25. The van der Waals surface area contributed by atoms with E-state index in [2.05, 4.69) is 25.9 Å². The minimum atomic E-state index is -2.47. The Hall–Kier alpha value is -0.690. The normalized spacial score (nSPS) is 10.7. The van der Waals surface area contributed by atoms with Gasteiger partial charge in [0.25, 0.3) is 6.43 Å². The number of aromatic nitrogens is 2. The summed E-state index contributed by atoms with van der Waals surface area (Å²) in [6.45, 7) is -0.0737. The summed E-state index contributed by atoms with van der Waals surface area (Å²) in [6, 6.07) is 0.0956. The van der Waals surface area contributed by atoms with Crippen LogP contribution in [-0.4, -0.2) is 41.9 Å². The molecular formula is C9H11BrClF2N3O. The van der Waals surface area contributed by atoms with Crippen LogP contribution in [0.2, 0.25) is 5.02 Å². The van der Waals surface area contributed by atoms with E-state index < -0.39 is 13.0 Å². The largest absolute Gasteiger partial charge is 0.467 e. The first-order chi connectivity index (χ1) is 8.08. The van der Waals surface area contributed by atoms with Gasteiger partial charge < -0.3 is 9.64 Å². The summed E-state index contributed by atoms with van der Waals surface area (Å²) in [5, 5.41) is 0.745. The molecule has 0 aliphatic rings. The summed E-state index contributed by atoms with van der Waals surface area (Å²) in [5.41, 5.74) is 0. The number of anilines is 1. The molecule has 0 saturated heterocycles. The van der Waals surface area contributed by atoms with E-state index in [0.717, 1.165) is 0 Å². The van der Waals surface area contributed by atoms with Gasteiger partial charge in [-0.05, 0) is 0 Å². The first kappa shape index (κ1) is 14.4. The third kappa shape index (κ3) is 4.23. The van der Waals surface area contributed by atoms with Crippen LogP contribution in [0.3, 0.4) is 0 Å². The first-order valence-electron chi connectivity index (χ1n) is 4.74. The number of halogens is 4. The third-order valence-electron chi connectivity index (χ3n) is 1.90. The van der Waals surface area contributed by atoms with Crippen LogP contribution in [0.15, 0.2) is 6.20 Å². The van der Waals surface area contributed by atoms with Crippen molar-refractivity contribution in [2.45, 2.75) is 6.43 Å². The minimum absolute atomic E-state index is 0.0956. The zero-order valence-electron chi connectivity index (χ0n) is 9.04. The molecule has 4 nitrogen and oxygen atoms in total. The highest BCUT2D eigenvalue weighted by molar-refractivity contribution is 9.09. The molecule has 0 saturated carbocycles. The maximum Gasteiger partial charge on any atom is 0.318 e. The molecule has 0 spiro atoms. The van der Waals surface area contributed by atoms with Crippen molar-refractivity contribution in [2.75, 3.05) is 30.4 Å². The second-order valence-corrected chi connectivity index (χ2v) is 4.25. The van der Waals surface area contributed by atoms with Gasteiger partial charge in [-0.15, -0.1) is 0 Å². The molecule has 0 amide bonds. The van der Waals surface area contributed by atoms with Crippen molar-refractivity contribution in [3.8, 4) is 6.01 Å². The average molecular weight is 331 g/mol. The lowest BCUT2D eigenvalue weighted by Crippen LogP contribution is -2.31.